The van der Waals surface area contributed by atoms with Crippen molar-refractivity contribution in [3.63, 3.8) is 0 Å². The fourth-order valence-electron chi connectivity index (χ4n) is 8.11. The molecular formula is C38H38Cl2N6O4. The van der Waals surface area contributed by atoms with Crippen LogP contribution in [0, 0.1) is 5.41 Å². The molecule has 10 nitrogen and oxygen atoms in total. The number of halogens is 2. The topological polar surface area (TPSA) is 109 Å². The molecule has 2 aromatic heterocycles. The Morgan fingerprint density at radius 2 is 1.24 bits per heavy atom. The first-order valence-corrected chi connectivity index (χ1v) is 17.6. The fraction of sp³-hybridized carbons (Fsp3) is 0.368. The van der Waals surface area contributed by atoms with E-state index >= 15 is 0 Å². The number of rotatable bonds is 9. The highest BCUT2D eigenvalue weighted by Crippen LogP contribution is 2.43. The van der Waals surface area contributed by atoms with E-state index in [0.717, 1.165) is 72.5 Å². The number of ether oxygens (including phenoxy) is 2. The zero-order valence-electron chi connectivity index (χ0n) is 28.0. The van der Waals surface area contributed by atoms with E-state index in [4.69, 9.17) is 42.6 Å². The molecule has 4 fully saturated rings. The summed E-state index contributed by atoms with van der Waals surface area (Å²) in [5.74, 6) is 1.37. The highest BCUT2D eigenvalue weighted by atomic mass is 35.5. The SMILES string of the molecule is COc1nc(-c2cccc(-c3cccc(-c4ccc(CN5CC6(CCC(=O)N6)C5)c(OC)n4)c3Cl)c2Cl)ccc1CN1CC2(CNC(=O)C2)C1. The lowest BCUT2D eigenvalue weighted by atomic mass is 9.79. The van der Waals surface area contributed by atoms with Crippen LogP contribution in [0.1, 0.15) is 30.4 Å². The van der Waals surface area contributed by atoms with Crippen LogP contribution in [0.15, 0.2) is 60.7 Å². The predicted molar refractivity (Wildman–Crippen MR) is 192 cm³/mol. The molecule has 6 heterocycles. The lowest BCUT2D eigenvalue weighted by molar-refractivity contribution is -0.121. The van der Waals surface area contributed by atoms with E-state index in [-0.39, 0.29) is 22.8 Å². The molecule has 2 N–H and O–H groups in total. The van der Waals surface area contributed by atoms with Gasteiger partial charge in [-0.1, -0.05) is 71.7 Å². The summed E-state index contributed by atoms with van der Waals surface area (Å²) in [4.78, 5) is 37.8. The van der Waals surface area contributed by atoms with Gasteiger partial charge in [-0.2, -0.15) is 0 Å². The van der Waals surface area contributed by atoms with Gasteiger partial charge in [0.15, 0.2) is 0 Å². The van der Waals surface area contributed by atoms with Gasteiger partial charge in [0.1, 0.15) is 0 Å². The van der Waals surface area contributed by atoms with Crippen molar-refractivity contribution in [2.45, 2.75) is 37.9 Å². The third-order valence-corrected chi connectivity index (χ3v) is 11.3. The summed E-state index contributed by atoms with van der Waals surface area (Å²) in [6.07, 6.45) is 2.09. The summed E-state index contributed by atoms with van der Waals surface area (Å²) in [5.41, 5.74) is 6.42. The molecule has 12 heteroatoms. The Kier molecular flexibility index (Phi) is 8.46. The molecule has 2 aromatic carbocycles. The Morgan fingerprint density at radius 3 is 1.70 bits per heavy atom. The molecule has 2 spiro atoms. The van der Waals surface area contributed by atoms with Gasteiger partial charge in [0.2, 0.25) is 23.6 Å². The van der Waals surface area contributed by atoms with E-state index in [1.165, 1.54) is 0 Å². The van der Waals surface area contributed by atoms with Crippen molar-refractivity contribution in [2.75, 3.05) is 46.9 Å². The van der Waals surface area contributed by atoms with E-state index in [9.17, 15) is 9.59 Å². The Hall–Kier alpha value is -4.22. The van der Waals surface area contributed by atoms with Crippen LogP contribution in [-0.2, 0) is 22.7 Å². The molecule has 4 aromatic rings. The lowest BCUT2D eigenvalue weighted by Crippen LogP contribution is -2.66. The summed E-state index contributed by atoms with van der Waals surface area (Å²) in [6.45, 7) is 5.52. The number of hydrogen-bond donors (Lipinski definition) is 2. The van der Waals surface area contributed by atoms with Gasteiger partial charge in [-0.3, -0.25) is 19.4 Å². The van der Waals surface area contributed by atoms with Crippen LogP contribution in [0.5, 0.6) is 11.8 Å². The second kappa shape index (κ2) is 12.8. The zero-order valence-corrected chi connectivity index (χ0v) is 29.5. The molecule has 0 bridgehead atoms. The summed E-state index contributed by atoms with van der Waals surface area (Å²) in [7, 11) is 3.25. The number of carbonyl (C=O) groups excluding carboxylic acids is 2. The number of nitrogens with zero attached hydrogens (tertiary/aromatic N) is 4. The van der Waals surface area contributed by atoms with Crippen molar-refractivity contribution in [2.24, 2.45) is 5.41 Å². The van der Waals surface area contributed by atoms with Crippen LogP contribution in [0.4, 0.5) is 0 Å². The number of carbonyl (C=O) groups is 2. The third-order valence-electron chi connectivity index (χ3n) is 10.5. The zero-order chi connectivity index (χ0) is 34.6. The maximum atomic E-state index is 11.7. The van der Waals surface area contributed by atoms with Gasteiger partial charge in [-0.25, -0.2) is 9.97 Å². The normalized spacial score (nSPS) is 19.3. The van der Waals surface area contributed by atoms with Crippen LogP contribution in [-0.4, -0.2) is 84.1 Å². The second-order valence-corrected chi connectivity index (χ2v) is 14.9. The van der Waals surface area contributed by atoms with Gasteiger partial charge in [-0.15, -0.1) is 0 Å². The number of pyridine rings is 2. The maximum Gasteiger partial charge on any atom is 0.220 e. The van der Waals surface area contributed by atoms with Gasteiger partial charge in [0.25, 0.3) is 0 Å². The lowest BCUT2D eigenvalue weighted by Gasteiger charge is -2.48. The first-order valence-electron chi connectivity index (χ1n) is 16.9. The van der Waals surface area contributed by atoms with Crippen LogP contribution in [0.2, 0.25) is 10.0 Å². The van der Waals surface area contributed by atoms with Crippen LogP contribution >= 0.6 is 23.2 Å². The van der Waals surface area contributed by atoms with Crippen LogP contribution in [0.3, 0.4) is 0 Å². The molecule has 50 heavy (non-hydrogen) atoms. The minimum atomic E-state index is -0.0783. The number of amides is 2. The minimum Gasteiger partial charge on any atom is -0.481 e. The number of nitrogens with one attached hydrogen (secondary N) is 2. The van der Waals surface area contributed by atoms with Gasteiger partial charge in [0.05, 0.1) is 41.2 Å². The van der Waals surface area contributed by atoms with E-state index in [1.807, 2.05) is 60.7 Å². The van der Waals surface area contributed by atoms with Crippen molar-refractivity contribution >= 4 is 35.0 Å². The van der Waals surface area contributed by atoms with Gasteiger partial charge < -0.3 is 20.1 Å². The maximum absolute atomic E-state index is 11.7. The predicted octanol–water partition coefficient (Wildman–Crippen LogP) is 5.59. The monoisotopic (exact) mass is 712 g/mol. The van der Waals surface area contributed by atoms with Gasteiger partial charge in [0, 0.05) is 97.5 Å². The van der Waals surface area contributed by atoms with Crippen molar-refractivity contribution < 1.29 is 19.1 Å². The molecule has 0 radical (unpaired) electrons. The molecule has 0 aliphatic carbocycles. The highest BCUT2D eigenvalue weighted by molar-refractivity contribution is 6.39. The molecule has 4 aliphatic heterocycles. The highest BCUT2D eigenvalue weighted by Gasteiger charge is 2.48. The van der Waals surface area contributed by atoms with Crippen molar-refractivity contribution in [1.82, 2.24) is 30.4 Å². The van der Waals surface area contributed by atoms with E-state index < -0.39 is 0 Å². The van der Waals surface area contributed by atoms with Crippen LogP contribution in [0.25, 0.3) is 33.6 Å². The summed E-state index contributed by atoms with van der Waals surface area (Å²) in [6, 6.07) is 19.7. The second-order valence-electron chi connectivity index (χ2n) is 14.1. The van der Waals surface area contributed by atoms with Crippen molar-refractivity contribution in [3.05, 3.63) is 81.8 Å². The van der Waals surface area contributed by atoms with E-state index in [1.54, 1.807) is 14.2 Å². The summed E-state index contributed by atoms with van der Waals surface area (Å²) < 4.78 is 11.5. The standard InChI is InChI=1S/C38H38Cl2N6O4/c1-49-35-23(16-45-19-37(20-45)15-32(48)41-18-37)9-11-29(42-35)27-7-3-5-25(33(27)39)26-6-4-8-28(34(26)40)30-12-10-24(36(43-30)50-2)17-46-21-38(22-46)14-13-31(47)44-38/h3-12H,13-22H2,1-2H3,(H,41,48)(H,44,47). The molecule has 4 saturated heterocycles. The first kappa shape index (κ1) is 33.0. The molecule has 4 aliphatic rings. The molecule has 2 amide bonds. The first-order chi connectivity index (χ1) is 24.2. The number of methoxy groups -OCH3 is 2. The molecule has 0 atom stereocenters. The van der Waals surface area contributed by atoms with Gasteiger partial charge in [-0.05, 0) is 18.6 Å². The minimum absolute atomic E-state index is 0.0604. The quantitative estimate of drug-likeness (QED) is 0.231. The Balaban J connectivity index is 1.01. The average molecular weight is 714 g/mol. The van der Waals surface area contributed by atoms with Crippen LogP contribution < -0.4 is 20.1 Å². The van der Waals surface area contributed by atoms with Crippen molar-refractivity contribution in [1.29, 1.82) is 0 Å². The molecule has 258 valence electrons. The summed E-state index contributed by atoms with van der Waals surface area (Å²) in [5, 5.41) is 7.16. The average Bonchev–Trinajstić information content (AvgIpc) is 3.68. The Morgan fingerprint density at radius 1 is 0.720 bits per heavy atom. The van der Waals surface area contributed by atoms with Crippen molar-refractivity contribution in [3.8, 4) is 45.4 Å². The number of hydrogen-bond acceptors (Lipinski definition) is 8. The fourth-order valence-corrected chi connectivity index (χ4v) is 8.76. The molecule has 8 rings (SSSR count). The molecular weight excluding hydrogens is 675 g/mol. The third kappa shape index (κ3) is 5.98. The summed E-state index contributed by atoms with van der Waals surface area (Å²) >= 11 is 14.2. The number of benzene rings is 2. The van der Waals surface area contributed by atoms with Gasteiger partial charge >= 0.3 is 0 Å². The largest absolute Gasteiger partial charge is 0.481 e. The molecule has 0 unspecified atom stereocenters. The smallest absolute Gasteiger partial charge is 0.220 e. The van der Waals surface area contributed by atoms with E-state index in [0.29, 0.717) is 59.1 Å². The Bertz CT molecular complexity index is 1870. The number of aromatic nitrogens is 2. The number of likely N-dealkylation sites (tertiary alicyclic amines) is 2. The van der Waals surface area contributed by atoms with E-state index in [2.05, 4.69) is 20.4 Å². The molecule has 0 saturated carbocycles. The Labute approximate surface area is 301 Å².